The van der Waals surface area contributed by atoms with E-state index in [1.165, 1.54) is 0 Å². The van der Waals surface area contributed by atoms with Crippen molar-refractivity contribution in [3.05, 3.63) is 36.0 Å². The minimum Gasteiger partial charge on any atom is -0.490 e. The summed E-state index contributed by atoms with van der Waals surface area (Å²) in [4.78, 5) is 0. The fourth-order valence-corrected chi connectivity index (χ4v) is 1.61. The molecular formula is C14H18N2O2. The topological polar surface area (TPSA) is 61.3 Å². The number of rotatable bonds is 5. The van der Waals surface area contributed by atoms with E-state index in [4.69, 9.17) is 15.0 Å². The second-order valence-electron chi connectivity index (χ2n) is 4.22. The van der Waals surface area contributed by atoms with Crippen LogP contribution in [0.3, 0.4) is 0 Å². The second-order valence-corrected chi connectivity index (χ2v) is 4.22. The minimum atomic E-state index is 0.169. The molecule has 0 saturated heterocycles. The third-order valence-corrected chi connectivity index (χ3v) is 2.82. The number of ether oxygens (including phenoxy) is 1. The second kappa shape index (κ2) is 5.69. The van der Waals surface area contributed by atoms with Crippen LogP contribution in [0, 0.1) is 0 Å². The van der Waals surface area contributed by atoms with Crippen LogP contribution in [0.2, 0.25) is 0 Å². The third-order valence-electron chi connectivity index (χ3n) is 2.82. The summed E-state index contributed by atoms with van der Waals surface area (Å²) in [6.07, 6.45) is 1.13. The molecule has 0 fully saturated rings. The molecule has 0 saturated carbocycles. The molecular weight excluding hydrogens is 228 g/mol. The summed E-state index contributed by atoms with van der Waals surface area (Å²) in [6, 6.07) is 9.63. The maximum Gasteiger partial charge on any atom is 0.170 e. The van der Waals surface area contributed by atoms with Crippen molar-refractivity contribution in [2.75, 3.05) is 0 Å². The van der Waals surface area contributed by atoms with Gasteiger partial charge in [0.2, 0.25) is 0 Å². The Morgan fingerprint density at radius 2 is 2.17 bits per heavy atom. The lowest BCUT2D eigenvalue weighted by atomic mass is 10.1. The lowest BCUT2D eigenvalue weighted by Crippen LogP contribution is -2.10. The molecule has 4 heteroatoms. The van der Waals surface area contributed by atoms with Crippen LogP contribution in [0.15, 0.2) is 34.9 Å². The van der Waals surface area contributed by atoms with Crippen LogP contribution in [0.25, 0.3) is 11.3 Å². The van der Waals surface area contributed by atoms with Gasteiger partial charge in [-0.1, -0.05) is 24.2 Å². The minimum absolute atomic E-state index is 0.169. The van der Waals surface area contributed by atoms with Crippen molar-refractivity contribution in [1.29, 1.82) is 0 Å². The first-order valence-corrected chi connectivity index (χ1v) is 6.16. The largest absolute Gasteiger partial charge is 0.490 e. The van der Waals surface area contributed by atoms with Crippen LogP contribution in [0.4, 0.5) is 0 Å². The normalized spacial score (nSPS) is 12.4. The molecule has 0 spiro atoms. The Morgan fingerprint density at radius 3 is 2.83 bits per heavy atom. The lowest BCUT2D eigenvalue weighted by molar-refractivity contribution is 0.218. The molecule has 1 atom stereocenters. The number of nitrogens with two attached hydrogens (primary N) is 1. The summed E-state index contributed by atoms with van der Waals surface area (Å²) in [7, 11) is 0. The summed E-state index contributed by atoms with van der Waals surface area (Å²) in [6.45, 7) is 4.51. The first kappa shape index (κ1) is 12.6. The maximum absolute atomic E-state index is 5.87. The van der Waals surface area contributed by atoms with Crippen molar-refractivity contribution in [1.82, 2.24) is 5.16 Å². The molecule has 0 aliphatic carbocycles. The Bertz CT molecular complexity index is 508. The average molecular weight is 246 g/mol. The van der Waals surface area contributed by atoms with E-state index in [9.17, 15) is 0 Å². The molecule has 96 valence electrons. The number of nitrogens with zero attached hydrogens (tertiary/aromatic N) is 1. The molecule has 1 heterocycles. The van der Waals surface area contributed by atoms with E-state index >= 15 is 0 Å². The van der Waals surface area contributed by atoms with Gasteiger partial charge >= 0.3 is 0 Å². The summed E-state index contributed by atoms with van der Waals surface area (Å²) in [5.41, 5.74) is 7.17. The molecule has 0 amide bonds. The standard InChI is InChI=1S/C14H18N2O2/c1-3-10(2)17-13-7-5-4-6-12(13)14-8-11(9-15)16-18-14/h4-8,10H,3,9,15H2,1-2H3. The van der Waals surface area contributed by atoms with Gasteiger partial charge in [-0.15, -0.1) is 0 Å². The van der Waals surface area contributed by atoms with Crippen molar-refractivity contribution < 1.29 is 9.26 Å². The summed E-state index contributed by atoms with van der Waals surface area (Å²) in [5, 5.41) is 3.90. The van der Waals surface area contributed by atoms with E-state index < -0.39 is 0 Å². The predicted octanol–water partition coefficient (Wildman–Crippen LogP) is 2.98. The molecule has 1 unspecified atom stereocenters. The molecule has 0 aliphatic heterocycles. The SMILES string of the molecule is CCC(C)Oc1ccccc1-c1cc(CN)no1. The van der Waals surface area contributed by atoms with Crippen molar-refractivity contribution in [3.63, 3.8) is 0 Å². The highest BCUT2D eigenvalue weighted by Gasteiger charge is 2.12. The van der Waals surface area contributed by atoms with Crippen LogP contribution < -0.4 is 10.5 Å². The van der Waals surface area contributed by atoms with Crippen molar-refractivity contribution >= 4 is 0 Å². The van der Waals surface area contributed by atoms with Crippen molar-refractivity contribution in [3.8, 4) is 17.1 Å². The molecule has 2 aromatic rings. The number of hydrogen-bond donors (Lipinski definition) is 1. The zero-order valence-corrected chi connectivity index (χ0v) is 10.7. The van der Waals surface area contributed by atoms with Crippen LogP contribution >= 0.6 is 0 Å². The molecule has 0 bridgehead atoms. The van der Waals surface area contributed by atoms with Gasteiger partial charge in [-0.25, -0.2) is 0 Å². The van der Waals surface area contributed by atoms with Gasteiger partial charge in [0, 0.05) is 12.6 Å². The quantitative estimate of drug-likeness (QED) is 0.881. The highest BCUT2D eigenvalue weighted by atomic mass is 16.5. The Morgan fingerprint density at radius 1 is 1.39 bits per heavy atom. The van der Waals surface area contributed by atoms with E-state index in [2.05, 4.69) is 12.1 Å². The highest BCUT2D eigenvalue weighted by Crippen LogP contribution is 2.31. The Hall–Kier alpha value is -1.81. The van der Waals surface area contributed by atoms with E-state index in [0.29, 0.717) is 12.3 Å². The number of benzene rings is 1. The smallest absolute Gasteiger partial charge is 0.170 e. The van der Waals surface area contributed by atoms with Gasteiger partial charge in [-0.3, -0.25) is 0 Å². The van der Waals surface area contributed by atoms with Gasteiger partial charge in [0.25, 0.3) is 0 Å². The molecule has 0 aliphatic rings. The van der Waals surface area contributed by atoms with Crippen LogP contribution in [0.1, 0.15) is 26.0 Å². The number of para-hydroxylation sites is 1. The van der Waals surface area contributed by atoms with Gasteiger partial charge in [0.05, 0.1) is 17.4 Å². The zero-order valence-electron chi connectivity index (χ0n) is 10.7. The van der Waals surface area contributed by atoms with Crippen LogP contribution in [-0.4, -0.2) is 11.3 Å². The van der Waals surface area contributed by atoms with E-state index in [1.807, 2.05) is 37.3 Å². The number of hydrogen-bond acceptors (Lipinski definition) is 4. The van der Waals surface area contributed by atoms with Crippen LogP contribution in [-0.2, 0) is 6.54 Å². The number of aromatic nitrogens is 1. The predicted molar refractivity (Wildman–Crippen MR) is 70.2 cm³/mol. The van der Waals surface area contributed by atoms with E-state index in [0.717, 1.165) is 23.4 Å². The van der Waals surface area contributed by atoms with Crippen molar-refractivity contribution in [2.24, 2.45) is 5.73 Å². The van der Waals surface area contributed by atoms with E-state index in [1.54, 1.807) is 0 Å². The monoisotopic (exact) mass is 246 g/mol. The molecule has 1 aromatic carbocycles. The zero-order chi connectivity index (χ0) is 13.0. The molecule has 1 aromatic heterocycles. The average Bonchev–Trinajstić information content (AvgIpc) is 2.88. The fraction of sp³-hybridized carbons (Fsp3) is 0.357. The van der Waals surface area contributed by atoms with E-state index in [-0.39, 0.29) is 6.10 Å². The molecule has 18 heavy (non-hydrogen) atoms. The molecule has 0 radical (unpaired) electrons. The van der Waals surface area contributed by atoms with Gasteiger partial charge in [0.1, 0.15) is 5.75 Å². The third kappa shape index (κ3) is 2.71. The Labute approximate surface area is 107 Å². The first-order valence-electron chi connectivity index (χ1n) is 6.16. The summed E-state index contributed by atoms with van der Waals surface area (Å²) >= 11 is 0. The lowest BCUT2D eigenvalue weighted by Gasteiger charge is -2.14. The summed E-state index contributed by atoms with van der Waals surface area (Å²) in [5.74, 6) is 1.50. The fourth-order valence-electron chi connectivity index (χ4n) is 1.61. The van der Waals surface area contributed by atoms with Gasteiger partial charge < -0.3 is 15.0 Å². The maximum atomic E-state index is 5.87. The van der Waals surface area contributed by atoms with Gasteiger partial charge in [0.15, 0.2) is 5.76 Å². The van der Waals surface area contributed by atoms with Gasteiger partial charge in [-0.05, 0) is 25.5 Å². The highest BCUT2D eigenvalue weighted by molar-refractivity contribution is 5.65. The molecule has 4 nitrogen and oxygen atoms in total. The Kier molecular flexibility index (Phi) is 3.99. The molecule has 2 N–H and O–H groups in total. The molecule has 2 rings (SSSR count). The van der Waals surface area contributed by atoms with Crippen LogP contribution in [0.5, 0.6) is 5.75 Å². The van der Waals surface area contributed by atoms with Crippen molar-refractivity contribution in [2.45, 2.75) is 32.9 Å². The first-order chi connectivity index (χ1) is 8.74. The van der Waals surface area contributed by atoms with Gasteiger partial charge in [-0.2, -0.15) is 0 Å². The summed E-state index contributed by atoms with van der Waals surface area (Å²) < 4.78 is 11.2. The Balaban J connectivity index is 2.32.